The van der Waals surface area contributed by atoms with Crippen LogP contribution in [0.15, 0.2) is 79.3 Å². The van der Waals surface area contributed by atoms with Gasteiger partial charge in [-0.1, -0.05) is 18.2 Å². The summed E-state index contributed by atoms with van der Waals surface area (Å²) in [5.41, 5.74) is 6.24. The maximum absolute atomic E-state index is 12.6. The van der Waals surface area contributed by atoms with Gasteiger partial charge in [0.15, 0.2) is 0 Å². The summed E-state index contributed by atoms with van der Waals surface area (Å²) in [7, 11) is 0. The molecule has 5 nitrogen and oxygen atoms in total. The van der Waals surface area contributed by atoms with Crippen molar-refractivity contribution in [3.8, 4) is 11.3 Å². The van der Waals surface area contributed by atoms with Crippen LogP contribution in [0.3, 0.4) is 0 Å². The second-order valence-electron chi connectivity index (χ2n) is 7.20. The van der Waals surface area contributed by atoms with Gasteiger partial charge in [-0.3, -0.25) is 9.78 Å². The van der Waals surface area contributed by atoms with Crippen molar-refractivity contribution in [3.63, 3.8) is 0 Å². The van der Waals surface area contributed by atoms with Gasteiger partial charge in [0.2, 0.25) is 0 Å². The van der Waals surface area contributed by atoms with Crippen molar-refractivity contribution in [3.05, 3.63) is 107 Å². The molecule has 1 N–H and O–H groups in total. The fourth-order valence-electron chi connectivity index (χ4n) is 3.22. The molecule has 2 aromatic heterocycles. The molecule has 2 aromatic carbocycles. The molecule has 0 atom stereocenters. The number of benzene rings is 2. The molecule has 1 amide bonds. The molecule has 0 fully saturated rings. The van der Waals surface area contributed by atoms with Gasteiger partial charge in [-0.2, -0.15) is 0 Å². The Labute approximate surface area is 186 Å². The van der Waals surface area contributed by atoms with Gasteiger partial charge in [0.25, 0.3) is 5.91 Å². The normalized spacial score (nSPS) is 10.6. The van der Waals surface area contributed by atoms with E-state index >= 15 is 0 Å². The van der Waals surface area contributed by atoms with Crippen molar-refractivity contribution in [1.82, 2.24) is 15.0 Å². The van der Waals surface area contributed by atoms with Crippen LogP contribution in [0.2, 0.25) is 0 Å². The Balaban J connectivity index is 1.52. The Morgan fingerprint density at radius 2 is 1.87 bits per heavy atom. The van der Waals surface area contributed by atoms with Gasteiger partial charge in [-0.25, -0.2) is 9.97 Å². The lowest BCUT2D eigenvalue weighted by Gasteiger charge is -2.11. The third-order valence-electron chi connectivity index (χ3n) is 4.99. The van der Waals surface area contributed by atoms with Crippen LogP contribution in [0.25, 0.3) is 11.3 Å². The number of carbonyl (C=O) groups is 1. The Morgan fingerprint density at radius 3 is 2.61 bits per heavy atom. The molecule has 0 unspecified atom stereocenters. The number of anilines is 1. The number of hydrogen-bond donors (Lipinski definition) is 1. The van der Waals surface area contributed by atoms with Gasteiger partial charge in [0, 0.05) is 47.7 Å². The molecule has 0 aliphatic rings. The topological polar surface area (TPSA) is 67.8 Å². The summed E-state index contributed by atoms with van der Waals surface area (Å²) in [6, 6.07) is 18.9. The molecule has 6 heteroatoms. The Hall–Kier alpha value is -3.57. The second-order valence-corrected chi connectivity index (χ2v) is 7.47. The molecule has 4 rings (SSSR count). The monoisotopic (exact) mass is 428 g/mol. The summed E-state index contributed by atoms with van der Waals surface area (Å²) < 4.78 is 0. The summed E-state index contributed by atoms with van der Waals surface area (Å²) >= 11 is 5.82. The number of hydrogen-bond acceptors (Lipinski definition) is 4. The molecule has 0 aliphatic heterocycles. The number of amides is 1. The van der Waals surface area contributed by atoms with E-state index < -0.39 is 0 Å². The third-order valence-corrected chi connectivity index (χ3v) is 5.30. The van der Waals surface area contributed by atoms with Crippen LogP contribution in [-0.2, 0) is 12.3 Å². The minimum Gasteiger partial charge on any atom is -0.322 e. The van der Waals surface area contributed by atoms with Crippen molar-refractivity contribution >= 4 is 23.2 Å². The summed E-state index contributed by atoms with van der Waals surface area (Å²) in [6.45, 7) is 2.04. The first-order chi connectivity index (χ1) is 15.1. The quantitative estimate of drug-likeness (QED) is 0.416. The van der Waals surface area contributed by atoms with E-state index in [4.69, 9.17) is 11.6 Å². The number of halogens is 1. The average molecular weight is 429 g/mol. The Morgan fingerprint density at radius 1 is 1.03 bits per heavy atom. The Bertz CT molecular complexity index is 1190. The van der Waals surface area contributed by atoms with Crippen LogP contribution in [0.4, 0.5) is 5.69 Å². The van der Waals surface area contributed by atoms with Crippen molar-refractivity contribution in [1.29, 1.82) is 0 Å². The van der Waals surface area contributed by atoms with Crippen molar-refractivity contribution in [2.45, 2.75) is 19.2 Å². The SMILES string of the molecule is Cc1ccc(NC(=O)c2ccc(CCl)cc2)cc1Cc1nccc(-c2cccnc2)n1. The zero-order valence-electron chi connectivity index (χ0n) is 17.0. The zero-order valence-corrected chi connectivity index (χ0v) is 17.8. The van der Waals surface area contributed by atoms with E-state index in [9.17, 15) is 4.79 Å². The van der Waals surface area contributed by atoms with Gasteiger partial charge >= 0.3 is 0 Å². The van der Waals surface area contributed by atoms with Crippen molar-refractivity contribution in [2.24, 2.45) is 0 Å². The number of aromatic nitrogens is 3. The van der Waals surface area contributed by atoms with Gasteiger partial charge in [0.1, 0.15) is 5.82 Å². The standard InChI is InChI=1S/C25H21ClN4O/c1-17-4-9-22(29-25(31)19-7-5-18(15-26)6-8-19)13-21(17)14-24-28-12-10-23(30-24)20-3-2-11-27-16-20/h2-13,16H,14-15H2,1H3,(H,29,31). The number of rotatable bonds is 6. The molecule has 0 saturated carbocycles. The van der Waals surface area contributed by atoms with E-state index in [2.05, 4.69) is 20.3 Å². The van der Waals surface area contributed by atoms with Crippen LogP contribution in [0, 0.1) is 6.92 Å². The minimum atomic E-state index is -0.161. The van der Waals surface area contributed by atoms with Crippen LogP contribution < -0.4 is 5.32 Å². The van der Waals surface area contributed by atoms with Crippen LogP contribution in [0.5, 0.6) is 0 Å². The number of carbonyl (C=O) groups excluding carboxylic acids is 1. The first-order valence-corrected chi connectivity index (χ1v) is 10.4. The molecule has 154 valence electrons. The van der Waals surface area contributed by atoms with Crippen LogP contribution in [-0.4, -0.2) is 20.9 Å². The highest BCUT2D eigenvalue weighted by Crippen LogP contribution is 2.20. The number of aryl methyl sites for hydroxylation is 1. The smallest absolute Gasteiger partial charge is 0.255 e. The summed E-state index contributed by atoms with van der Waals surface area (Å²) in [4.78, 5) is 25.9. The molecule has 0 radical (unpaired) electrons. The lowest BCUT2D eigenvalue weighted by molar-refractivity contribution is 0.102. The van der Waals surface area contributed by atoms with Crippen molar-refractivity contribution < 1.29 is 4.79 Å². The van der Waals surface area contributed by atoms with Gasteiger partial charge in [0.05, 0.1) is 5.69 Å². The minimum absolute atomic E-state index is 0.161. The molecule has 31 heavy (non-hydrogen) atoms. The highest BCUT2D eigenvalue weighted by atomic mass is 35.5. The maximum Gasteiger partial charge on any atom is 0.255 e. The number of pyridine rings is 1. The number of alkyl halides is 1. The zero-order chi connectivity index (χ0) is 21.6. The van der Waals surface area contributed by atoms with Crippen molar-refractivity contribution in [2.75, 3.05) is 5.32 Å². The predicted molar refractivity (Wildman–Crippen MR) is 123 cm³/mol. The lowest BCUT2D eigenvalue weighted by Crippen LogP contribution is -2.12. The molecule has 0 aliphatic carbocycles. The number of nitrogens with one attached hydrogen (secondary N) is 1. The fourth-order valence-corrected chi connectivity index (χ4v) is 3.40. The first kappa shape index (κ1) is 20.7. The average Bonchev–Trinajstić information content (AvgIpc) is 2.82. The first-order valence-electron chi connectivity index (χ1n) is 9.90. The van der Waals surface area contributed by atoms with E-state index in [1.807, 2.05) is 55.5 Å². The maximum atomic E-state index is 12.6. The molecule has 0 bridgehead atoms. The largest absolute Gasteiger partial charge is 0.322 e. The molecular formula is C25H21ClN4O. The summed E-state index contributed by atoms with van der Waals surface area (Å²) in [6.07, 6.45) is 5.85. The van der Waals surface area contributed by atoms with Crippen LogP contribution in [0.1, 0.15) is 32.9 Å². The number of nitrogens with zero attached hydrogens (tertiary/aromatic N) is 3. The highest BCUT2D eigenvalue weighted by Gasteiger charge is 2.10. The highest BCUT2D eigenvalue weighted by molar-refractivity contribution is 6.17. The predicted octanol–water partition coefficient (Wildman–Crippen LogP) is 5.43. The fraction of sp³-hybridized carbons (Fsp3) is 0.120. The molecular weight excluding hydrogens is 408 g/mol. The van der Waals surface area contributed by atoms with E-state index in [-0.39, 0.29) is 5.91 Å². The third kappa shape index (κ3) is 5.13. The summed E-state index contributed by atoms with van der Waals surface area (Å²) in [5, 5.41) is 2.97. The van der Waals surface area contributed by atoms with E-state index in [0.717, 1.165) is 33.6 Å². The molecule has 0 spiro atoms. The molecule has 0 saturated heterocycles. The van der Waals surface area contributed by atoms with Gasteiger partial charge < -0.3 is 5.32 Å². The summed E-state index contributed by atoms with van der Waals surface area (Å²) in [5.74, 6) is 0.975. The van der Waals surface area contributed by atoms with E-state index in [0.29, 0.717) is 23.7 Å². The lowest BCUT2D eigenvalue weighted by atomic mass is 10.0. The Kier molecular flexibility index (Phi) is 6.34. The van der Waals surface area contributed by atoms with Crippen LogP contribution >= 0.6 is 11.6 Å². The molecule has 2 heterocycles. The van der Waals surface area contributed by atoms with E-state index in [1.54, 1.807) is 30.7 Å². The molecule has 4 aromatic rings. The second kappa shape index (κ2) is 9.49. The van der Waals surface area contributed by atoms with Gasteiger partial charge in [-0.05, 0) is 66.1 Å². The van der Waals surface area contributed by atoms with Gasteiger partial charge in [-0.15, -0.1) is 11.6 Å². The van der Waals surface area contributed by atoms with E-state index in [1.165, 1.54) is 0 Å².